The maximum Gasteiger partial charge on any atom is 0.254 e. The maximum atomic E-state index is 11.6. The van der Waals surface area contributed by atoms with Crippen molar-refractivity contribution in [2.45, 2.75) is 13.5 Å². The van der Waals surface area contributed by atoms with Crippen molar-refractivity contribution in [1.82, 2.24) is 9.88 Å². The van der Waals surface area contributed by atoms with E-state index in [1.54, 1.807) is 11.1 Å². The van der Waals surface area contributed by atoms with Crippen molar-refractivity contribution < 1.29 is 4.79 Å². The quantitative estimate of drug-likeness (QED) is 0.674. The van der Waals surface area contributed by atoms with Gasteiger partial charge in [0, 0.05) is 30.9 Å². The van der Waals surface area contributed by atoms with Crippen LogP contribution in [0.4, 0.5) is 0 Å². The van der Waals surface area contributed by atoms with E-state index in [1.165, 1.54) is 6.07 Å². The first-order valence-corrected chi connectivity index (χ1v) is 4.23. The first-order valence-electron chi connectivity index (χ1n) is 4.23. The molecule has 1 aromatic heterocycles. The molecule has 0 aliphatic carbocycles. The Hall–Kier alpha value is -1.58. The molecule has 0 aromatic carbocycles. The zero-order chi connectivity index (χ0) is 9.42. The number of aromatic nitrogens is 1. The zero-order valence-electron chi connectivity index (χ0n) is 7.33. The molecule has 4 nitrogen and oxygen atoms in total. The minimum absolute atomic E-state index is 0.0383. The Balaban J connectivity index is 2.51. The number of amides is 1. The highest BCUT2D eigenvalue weighted by molar-refractivity contribution is 5.98. The topological polar surface area (TPSA) is 53.2 Å². The fourth-order valence-electron chi connectivity index (χ4n) is 1.53. The molecular formula is C9H10N2O2. The molecule has 4 heteroatoms. The number of nitrogens with one attached hydrogen (secondary N) is 1. The molecular weight excluding hydrogens is 168 g/mol. The van der Waals surface area contributed by atoms with Gasteiger partial charge in [-0.05, 0) is 6.92 Å². The van der Waals surface area contributed by atoms with Crippen molar-refractivity contribution in [3.63, 3.8) is 0 Å². The number of hydrogen-bond donors (Lipinski definition) is 1. The van der Waals surface area contributed by atoms with E-state index in [4.69, 9.17) is 0 Å². The van der Waals surface area contributed by atoms with Crippen LogP contribution in [0.1, 0.15) is 22.8 Å². The van der Waals surface area contributed by atoms with Crippen LogP contribution in [0.5, 0.6) is 0 Å². The Kier molecular flexibility index (Phi) is 1.69. The fourth-order valence-corrected chi connectivity index (χ4v) is 1.53. The van der Waals surface area contributed by atoms with Crippen molar-refractivity contribution in [3.05, 3.63) is 33.7 Å². The lowest BCUT2D eigenvalue weighted by molar-refractivity contribution is 0.0787. The second kappa shape index (κ2) is 2.73. The highest BCUT2D eigenvalue weighted by atomic mass is 16.2. The Morgan fingerprint density at radius 2 is 2.31 bits per heavy atom. The third-order valence-electron chi connectivity index (χ3n) is 2.27. The van der Waals surface area contributed by atoms with E-state index >= 15 is 0 Å². The Labute approximate surface area is 75.2 Å². The molecule has 0 spiro atoms. The second-order valence-electron chi connectivity index (χ2n) is 3.06. The molecule has 0 bridgehead atoms. The first kappa shape index (κ1) is 8.04. The van der Waals surface area contributed by atoms with Crippen LogP contribution in [0.15, 0.2) is 17.1 Å². The molecule has 0 saturated carbocycles. The smallest absolute Gasteiger partial charge is 0.254 e. The molecule has 2 heterocycles. The van der Waals surface area contributed by atoms with Gasteiger partial charge in [-0.3, -0.25) is 9.59 Å². The van der Waals surface area contributed by atoms with Crippen LogP contribution in [-0.2, 0) is 6.54 Å². The summed E-state index contributed by atoms with van der Waals surface area (Å²) in [5.41, 5.74) is 1.24. The van der Waals surface area contributed by atoms with E-state index in [-0.39, 0.29) is 11.5 Å². The standard InChI is InChI=1S/C9H10N2O2/c1-2-11-5-6-4-10-8(12)3-7(6)9(11)13/h3-4H,2,5H2,1H3,(H,10,12). The van der Waals surface area contributed by atoms with Gasteiger partial charge in [0.15, 0.2) is 0 Å². The van der Waals surface area contributed by atoms with E-state index in [9.17, 15) is 9.59 Å². The van der Waals surface area contributed by atoms with E-state index in [0.29, 0.717) is 18.7 Å². The monoisotopic (exact) mass is 178 g/mol. The van der Waals surface area contributed by atoms with Gasteiger partial charge >= 0.3 is 0 Å². The van der Waals surface area contributed by atoms with Gasteiger partial charge in [0.25, 0.3) is 5.91 Å². The number of hydrogen-bond acceptors (Lipinski definition) is 2. The largest absolute Gasteiger partial charge is 0.335 e. The summed E-state index contributed by atoms with van der Waals surface area (Å²) in [6, 6.07) is 1.37. The van der Waals surface area contributed by atoms with E-state index in [0.717, 1.165) is 5.56 Å². The Morgan fingerprint density at radius 3 is 3.00 bits per heavy atom. The minimum atomic E-state index is -0.218. The Bertz CT molecular complexity index is 408. The molecule has 0 radical (unpaired) electrons. The van der Waals surface area contributed by atoms with Crippen LogP contribution in [-0.4, -0.2) is 22.3 Å². The van der Waals surface area contributed by atoms with Crippen LogP contribution in [0.3, 0.4) is 0 Å². The van der Waals surface area contributed by atoms with Crippen molar-refractivity contribution in [2.75, 3.05) is 6.54 Å². The summed E-state index contributed by atoms with van der Waals surface area (Å²) in [6.45, 7) is 3.22. The molecule has 13 heavy (non-hydrogen) atoms. The lowest BCUT2D eigenvalue weighted by Crippen LogP contribution is -2.23. The van der Waals surface area contributed by atoms with Gasteiger partial charge in [0.2, 0.25) is 5.56 Å². The summed E-state index contributed by atoms with van der Waals surface area (Å²) in [4.78, 5) is 26.8. The number of nitrogens with zero attached hydrogens (tertiary/aromatic N) is 1. The predicted octanol–water partition coefficient (Wildman–Crippen LogP) is 0.351. The average molecular weight is 178 g/mol. The molecule has 1 aliphatic heterocycles. The van der Waals surface area contributed by atoms with Gasteiger partial charge in [-0.1, -0.05) is 0 Å². The van der Waals surface area contributed by atoms with E-state index in [2.05, 4.69) is 4.98 Å². The van der Waals surface area contributed by atoms with Crippen LogP contribution in [0, 0.1) is 0 Å². The van der Waals surface area contributed by atoms with Crippen LogP contribution >= 0.6 is 0 Å². The van der Waals surface area contributed by atoms with Crippen molar-refractivity contribution >= 4 is 5.91 Å². The van der Waals surface area contributed by atoms with Crippen molar-refractivity contribution in [1.29, 1.82) is 0 Å². The van der Waals surface area contributed by atoms with Crippen LogP contribution < -0.4 is 5.56 Å². The molecule has 1 aliphatic rings. The maximum absolute atomic E-state index is 11.6. The van der Waals surface area contributed by atoms with Gasteiger partial charge in [-0.15, -0.1) is 0 Å². The van der Waals surface area contributed by atoms with Crippen LogP contribution in [0.2, 0.25) is 0 Å². The normalized spacial score (nSPS) is 14.8. The second-order valence-corrected chi connectivity index (χ2v) is 3.06. The summed E-state index contributed by atoms with van der Waals surface area (Å²) in [5.74, 6) is -0.0383. The first-order chi connectivity index (χ1) is 6.22. The van der Waals surface area contributed by atoms with Crippen molar-refractivity contribution in [2.24, 2.45) is 0 Å². The van der Waals surface area contributed by atoms with Gasteiger partial charge in [-0.2, -0.15) is 0 Å². The molecule has 68 valence electrons. The lowest BCUT2D eigenvalue weighted by atomic mass is 10.2. The molecule has 0 fully saturated rings. The fraction of sp³-hybridized carbons (Fsp3) is 0.333. The highest BCUT2D eigenvalue weighted by Crippen LogP contribution is 2.19. The summed E-state index contributed by atoms with van der Waals surface area (Å²) in [7, 11) is 0. The number of carbonyl (C=O) groups excluding carboxylic acids is 1. The van der Waals surface area contributed by atoms with Gasteiger partial charge < -0.3 is 9.88 Å². The third kappa shape index (κ3) is 1.14. The highest BCUT2D eigenvalue weighted by Gasteiger charge is 2.25. The van der Waals surface area contributed by atoms with Crippen LogP contribution in [0.25, 0.3) is 0 Å². The summed E-state index contributed by atoms with van der Waals surface area (Å²) in [5, 5.41) is 0. The van der Waals surface area contributed by atoms with E-state index < -0.39 is 0 Å². The predicted molar refractivity (Wildman–Crippen MR) is 47.5 cm³/mol. The minimum Gasteiger partial charge on any atom is -0.335 e. The summed E-state index contributed by atoms with van der Waals surface area (Å²) in [6.07, 6.45) is 1.62. The number of aromatic amines is 1. The molecule has 1 amide bonds. The summed E-state index contributed by atoms with van der Waals surface area (Å²) < 4.78 is 0. The van der Waals surface area contributed by atoms with Gasteiger partial charge in [0.1, 0.15) is 0 Å². The van der Waals surface area contributed by atoms with Gasteiger partial charge in [-0.25, -0.2) is 0 Å². The molecule has 0 atom stereocenters. The van der Waals surface area contributed by atoms with Gasteiger partial charge in [0.05, 0.1) is 5.56 Å². The molecule has 1 aromatic rings. The Morgan fingerprint density at radius 1 is 1.54 bits per heavy atom. The number of fused-ring (bicyclic) bond motifs is 1. The zero-order valence-corrected chi connectivity index (χ0v) is 7.33. The third-order valence-corrected chi connectivity index (χ3v) is 2.27. The summed E-state index contributed by atoms with van der Waals surface area (Å²) >= 11 is 0. The lowest BCUT2D eigenvalue weighted by Gasteiger charge is -2.10. The number of H-pyrrole nitrogens is 1. The van der Waals surface area contributed by atoms with Crippen molar-refractivity contribution in [3.8, 4) is 0 Å². The molecule has 1 N–H and O–H groups in total. The number of pyridine rings is 1. The number of carbonyl (C=O) groups is 1. The average Bonchev–Trinajstić information content (AvgIpc) is 2.44. The number of rotatable bonds is 1. The molecule has 2 rings (SSSR count). The molecule has 0 saturated heterocycles. The SMILES string of the molecule is CCN1Cc2c[nH]c(=O)cc2C1=O. The van der Waals surface area contributed by atoms with E-state index in [1.807, 2.05) is 6.92 Å². The molecule has 0 unspecified atom stereocenters.